The Morgan fingerprint density at radius 2 is 1.87 bits per heavy atom. The molecule has 0 aromatic heterocycles. The average molecular weight is 319 g/mol. The van der Waals surface area contributed by atoms with E-state index >= 15 is 0 Å². The van der Waals surface area contributed by atoms with Crippen LogP contribution in [0.15, 0.2) is 24.3 Å². The number of aliphatic hydroxyl groups excluding tert-OH is 1. The van der Waals surface area contributed by atoms with Gasteiger partial charge in [-0.3, -0.25) is 14.6 Å². The number of amides is 1. The highest BCUT2D eigenvalue weighted by atomic mass is 16.3. The molecule has 1 aromatic rings. The number of benzene rings is 1. The molecule has 0 radical (unpaired) electrons. The van der Waals surface area contributed by atoms with Crippen LogP contribution in [-0.4, -0.2) is 79.1 Å². The third kappa shape index (κ3) is 4.53. The Morgan fingerprint density at radius 1 is 1.22 bits per heavy atom. The third-order valence-corrected chi connectivity index (χ3v) is 4.55. The summed E-state index contributed by atoms with van der Waals surface area (Å²) in [5.41, 5.74) is 2.24. The third-order valence-electron chi connectivity index (χ3n) is 4.55. The van der Waals surface area contributed by atoms with Crippen LogP contribution < -0.4 is 0 Å². The zero-order valence-corrected chi connectivity index (χ0v) is 14.5. The molecule has 128 valence electrons. The van der Waals surface area contributed by atoms with E-state index in [1.54, 1.807) is 0 Å². The summed E-state index contributed by atoms with van der Waals surface area (Å²) in [5.74, 6) is 0.186. The van der Waals surface area contributed by atoms with E-state index < -0.39 is 0 Å². The maximum Gasteiger partial charge on any atom is 0.244 e. The first-order valence-corrected chi connectivity index (χ1v) is 8.38. The Balaban J connectivity index is 2.04. The second kappa shape index (κ2) is 8.43. The lowest BCUT2D eigenvalue weighted by Crippen LogP contribution is -2.51. The van der Waals surface area contributed by atoms with Crippen molar-refractivity contribution in [2.45, 2.75) is 19.4 Å². The Kier molecular flexibility index (Phi) is 6.57. The highest BCUT2D eigenvalue weighted by Gasteiger charge is 2.30. The van der Waals surface area contributed by atoms with Crippen LogP contribution in [0.5, 0.6) is 0 Å². The number of likely N-dealkylation sites (N-methyl/N-ethyl adjacent to an activating group) is 1. The molecule has 1 aliphatic heterocycles. The highest BCUT2D eigenvalue weighted by molar-refractivity contribution is 5.83. The van der Waals surface area contributed by atoms with E-state index in [0.717, 1.165) is 50.3 Å². The van der Waals surface area contributed by atoms with E-state index in [-0.39, 0.29) is 18.6 Å². The van der Waals surface area contributed by atoms with Gasteiger partial charge in [0.1, 0.15) is 6.04 Å². The van der Waals surface area contributed by atoms with Crippen LogP contribution in [0.1, 0.15) is 23.6 Å². The molecule has 1 aromatic carbocycles. The fourth-order valence-corrected chi connectivity index (χ4v) is 3.18. The molecular formula is C18H29N3O2. The summed E-state index contributed by atoms with van der Waals surface area (Å²) < 4.78 is 0. The average Bonchev–Trinajstić information content (AvgIpc) is 2.55. The van der Waals surface area contributed by atoms with Gasteiger partial charge in [-0.15, -0.1) is 0 Å². The molecule has 1 aliphatic rings. The number of hydrogen-bond acceptors (Lipinski definition) is 4. The Hall–Kier alpha value is -1.43. The topological polar surface area (TPSA) is 47.0 Å². The van der Waals surface area contributed by atoms with E-state index in [0.29, 0.717) is 0 Å². The smallest absolute Gasteiger partial charge is 0.244 e. The van der Waals surface area contributed by atoms with Gasteiger partial charge >= 0.3 is 0 Å². The van der Waals surface area contributed by atoms with E-state index in [1.165, 1.54) is 0 Å². The van der Waals surface area contributed by atoms with Gasteiger partial charge in [-0.05, 0) is 38.6 Å². The van der Waals surface area contributed by atoms with Crippen molar-refractivity contribution in [3.63, 3.8) is 0 Å². The molecule has 0 saturated carbocycles. The van der Waals surface area contributed by atoms with E-state index in [9.17, 15) is 4.79 Å². The molecule has 1 N–H and O–H groups in total. The van der Waals surface area contributed by atoms with Crippen molar-refractivity contribution in [1.82, 2.24) is 14.7 Å². The lowest BCUT2D eigenvalue weighted by atomic mass is 9.99. The first kappa shape index (κ1) is 17.9. The minimum Gasteiger partial charge on any atom is -0.396 e. The van der Waals surface area contributed by atoms with E-state index in [2.05, 4.69) is 24.0 Å². The van der Waals surface area contributed by atoms with Gasteiger partial charge in [0, 0.05) is 39.3 Å². The van der Waals surface area contributed by atoms with E-state index in [4.69, 9.17) is 5.11 Å². The van der Waals surface area contributed by atoms with Gasteiger partial charge in [-0.2, -0.15) is 0 Å². The zero-order valence-electron chi connectivity index (χ0n) is 14.5. The van der Waals surface area contributed by atoms with Crippen molar-refractivity contribution < 1.29 is 9.90 Å². The number of aliphatic hydroxyl groups is 1. The maximum atomic E-state index is 13.0. The van der Waals surface area contributed by atoms with Crippen LogP contribution in [-0.2, 0) is 4.79 Å². The molecule has 1 heterocycles. The van der Waals surface area contributed by atoms with Crippen molar-refractivity contribution in [1.29, 1.82) is 0 Å². The molecule has 0 aliphatic carbocycles. The Labute approximate surface area is 139 Å². The van der Waals surface area contributed by atoms with Crippen molar-refractivity contribution in [2.75, 3.05) is 53.4 Å². The summed E-state index contributed by atoms with van der Waals surface area (Å²) in [7, 11) is 3.93. The second-order valence-electron chi connectivity index (χ2n) is 6.47. The number of piperazine rings is 1. The molecule has 1 amide bonds. The standard InChI is InChI=1S/C18H29N3O2/c1-15-7-4-5-8-16(15)17(19(2)3)18(23)21-12-10-20(11-13-21)9-6-14-22/h4-5,7-8,17,22H,6,9-14H2,1-3H3. The molecule has 0 bridgehead atoms. The molecule has 1 fully saturated rings. The van der Waals surface area contributed by atoms with Gasteiger partial charge in [0.15, 0.2) is 0 Å². The van der Waals surface area contributed by atoms with Crippen molar-refractivity contribution >= 4 is 5.91 Å². The van der Waals surface area contributed by atoms with Crippen LogP contribution in [0.2, 0.25) is 0 Å². The lowest BCUT2D eigenvalue weighted by molar-refractivity contribution is -0.138. The summed E-state index contributed by atoms with van der Waals surface area (Å²) in [6, 6.07) is 7.90. The van der Waals surface area contributed by atoms with E-state index in [1.807, 2.05) is 36.0 Å². The minimum atomic E-state index is -0.222. The SMILES string of the molecule is Cc1ccccc1C(C(=O)N1CCN(CCCO)CC1)N(C)C. The minimum absolute atomic E-state index is 0.186. The number of nitrogens with zero attached hydrogens (tertiary/aromatic N) is 3. The predicted molar refractivity (Wildman–Crippen MR) is 92.3 cm³/mol. The number of carbonyl (C=O) groups excluding carboxylic acids is 1. The largest absolute Gasteiger partial charge is 0.396 e. The van der Waals surface area contributed by atoms with Gasteiger partial charge in [0.25, 0.3) is 0 Å². The number of carbonyl (C=O) groups is 1. The molecule has 5 heteroatoms. The van der Waals surface area contributed by atoms with Crippen LogP contribution in [0.4, 0.5) is 0 Å². The van der Waals surface area contributed by atoms with Gasteiger partial charge in [-0.25, -0.2) is 0 Å². The quantitative estimate of drug-likeness (QED) is 0.854. The molecule has 1 saturated heterocycles. The Morgan fingerprint density at radius 3 is 2.43 bits per heavy atom. The number of aryl methyl sites for hydroxylation is 1. The fraction of sp³-hybridized carbons (Fsp3) is 0.611. The normalized spacial score (nSPS) is 17.5. The lowest BCUT2D eigenvalue weighted by Gasteiger charge is -2.38. The number of hydrogen-bond donors (Lipinski definition) is 1. The van der Waals surface area contributed by atoms with Crippen LogP contribution in [0.3, 0.4) is 0 Å². The fourth-order valence-electron chi connectivity index (χ4n) is 3.18. The van der Waals surface area contributed by atoms with Crippen LogP contribution >= 0.6 is 0 Å². The highest BCUT2D eigenvalue weighted by Crippen LogP contribution is 2.24. The summed E-state index contributed by atoms with van der Waals surface area (Å²) >= 11 is 0. The van der Waals surface area contributed by atoms with Gasteiger partial charge in [0.2, 0.25) is 5.91 Å². The molecule has 0 spiro atoms. The van der Waals surface area contributed by atoms with Crippen molar-refractivity contribution in [3.05, 3.63) is 35.4 Å². The Bertz CT molecular complexity index is 511. The predicted octanol–water partition coefficient (Wildman–Crippen LogP) is 1.12. The molecule has 1 unspecified atom stereocenters. The number of rotatable bonds is 6. The first-order chi connectivity index (χ1) is 11.0. The molecular weight excluding hydrogens is 290 g/mol. The van der Waals surface area contributed by atoms with Gasteiger partial charge in [-0.1, -0.05) is 24.3 Å². The van der Waals surface area contributed by atoms with Crippen molar-refractivity contribution in [3.8, 4) is 0 Å². The second-order valence-corrected chi connectivity index (χ2v) is 6.47. The maximum absolute atomic E-state index is 13.0. The first-order valence-electron chi connectivity index (χ1n) is 8.38. The summed E-state index contributed by atoms with van der Waals surface area (Å²) in [6.45, 7) is 6.51. The summed E-state index contributed by atoms with van der Waals surface area (Å²) in [6.07, 6.45) is 0.803. The molecule has 2 rings (SSSR count). The van der Waals surface area contributed by atoms with Crippen LogP contribution in [0.25, 0.3) is 0 Å². The zero-order chi connectivity index (χ0) is 16.8. The summed E-state index contributed by atoms with van der Waals surface area (Å²) in [4.78, 5) is 19.3. The van der Waals surface area contributed by atoms with Crippen LogP contribution in [0, 0.1) is 6.92 Å². The monoisotopic (exact) mass is 319 g/mol. The van der Waals surface area contributed by atoms with Gasteiger partial charge in [0.05, 0.1) is 0 Å². The molecule has 23 heavy (non-hydrogen) atoms. The van der Waals surface area contributed by atoms with Gasteiger partial charge < -0.3 is 10.0 Å². The molecule has 5 nitrogen and oxygen atoms in total. The summed E-state index contributed by atoms with van der Waals surface area (Å²) in [5, 5.41) is 8.93. The van der Waals surface area contributed by atoms with Crippen molar-refractivity contribution in [2.24, 2.45) is 0 Å². The molecule has 1 atom stereocenters.